The van der Waals surface area contributed by atoms with Crippen LogP contribution < -0.4 is 0 Å². The maximum atomic E-state index is 5.37. The predicted octanol–water partition coefficient (Wildman–Crippen LogP) is 3.67. The van der Waals surface area contributed by atoms with Gasteiger partial charge in [0.05, 0.1) is 0 Å². The van der Waals surface area contributed by atoms with Gasteiger partial charge in [-0.3, -0.25) is 9.67 Å². The van der Waals surface area contributed by atoms with Gasteiger partial charge in [-0.1, -0.05) is 6.42 Å². The summed E-state index contributed by atoms with van der Waals surface area (Å²) in [5.74, 6) is 3.96. The van der Waals surface area contributed by atoms with Gasteiger partial charge in [0.2, 0.25) is 0 Å². The van der Waals surface area contributed by atoms with Crippen LogP contribution in [0.25, 0.3) is 0 Å². The highest BCUT2D eigenvalue weighted by molar-refractivity contribution is 7.71. The van der Waals surface area contributed by atoms with Gasteiger partial charge >= 0.3 is 0 Å². The Morgan fingerprint density at radius 1 is 1.33 bits per heavy atom. The van der Waals surface area contributed by atoms with E-state index in [1.165, 1.54) is 25.7 Å². The molecule has 4 heteroatoms. The minimum Gasteiger partial charge on any atom is -0.299 e. The molecule has 2 bridgehead atoms. The minimum atomic E-state index is 0.0248. The van der Waals surface area contributed by atoms with Crippen molar-refractivity contribution in [3.63, 3.8) is 0 Å². The van der Waals surface area contributed by atoms with Crippen molar-refractivity contribution in [3.05, 3.63) is 10.6 Å². The quantitative estimate of drug-likeness (QED) is 0.828. The Balaban J connectivity index is 1.83. The van der Waals surface area contributed by atoms with Gasteiger partial charge in [0.1, 0.15) is 5.82 Å². The molecule has 0 saturated heterocycles. The van der Waals surface area contributed by atoms with Gasteiger partial charge in [0, 0.05) is 12.0 Å². The number of hydrogen-bond acceptors (Lipinski definition) is 2. The summed E-state index contributed by atoms with van der Waals surface area (Å²) in [6, 6.07) is 0. The summed E-state index contributed by atoms with van der Waals surface area (Å²) in [4.78, 5) is 0. The van der Waals surface area contributed by atoms with Crippen LogP contribution in [0, 0.1) is 22.5 Å². The van der Waals surface area contributed by atoms with E-state index in [9.17, 15) is 0 Å². The third-order valence-corrected chi connectivity index (χ3v) is 5.02. The van der Waals surface area contributed by atoms with Crippen molar-refractivity contribution >= 4 is 12.2 Å². The number of aromatic amines is 1. The van der Waals surface area contributed by atoms with Crippen LogP contribution in [0.3, 0.4) is 0 Å². The second kappa shape index (κ2) is 4.19. The summed E-state index contributed by atoms with van der Waals surface area (Å²) in [5, 5.41) is 7.45. The maximum Gasteiger partial charge on any atom is 0.195 e. The van der Waals surface area contributed by atoms with E-state index in [1.807, 2.05) is 0 Å². The average molecular weight is 265 g/mol. The number of fused-ring (bicyclic) bond motifs is 2. The van der Waals surface area contributed by atoms with Crippen molar-refractivity contribution in [2.45, 2.75) is 58.4 Å². The molecule has 1 N–H and O–H groups in total. The van der Waals surface area contributed by atoms with Crippen LogP contribution in [0.15, 0.2) is 0 Å². The summed E-state index contributed by atoms with van der Waals surface area (Å²) in [5.41, 5.74) is 0.0248. The van der Waals surface area contributed by atoms with Crippen LogP contribution in [-0.4, -0.2) is 14.8 Å². The fourth-order valence-corrected chi connectivity index (χ4v) is 4.44. The molecule has 0 radical (unpaired) electrons. The molecule has 1 aromatic rings. The molecule has 0 spiro atoms. The molecule has 18 heavy (non-hydrogen) atoms. The molecule has 2 saturated carbocycles. The molecule has 1 aromatic heterocycles. The highest BCUT2D eigenvalue weighted by atomic mass is 32.1. The lowest BCUT2D eigenvalue weighted by atomic mass is 9.86. The average Bonchev–Trinajstić information content (AvgIpc) is 2.92. The molecular weight excluding hydrogens is 242 g/mol. The number of nitrogens with zero attached hydrogens (tertiary/aromatic N) is 2. The first-order valence-corrected chi connectivity index (χ1v) is 7.53. The van der Waals surface area contributed by atoms with Gasteiger partial charge in [0.25, 0.3) is 0 Å². The zero-order chi connectivity index (χ0) is 12.9. The van der Waals surface area contributed by atoms with E-state index in [0.717, 1.165) is 34.8 Å². The van der Waals surface area contributed by atoms with Crippen molar-refractivity contribution in [2.75, 3.05) is 0 Å². The van der Waals surface area contributed by atoms with Crippen LogP contribution in [-0.2, 0) is 12.0 Å². The molecule has 3 nitrogen and oxygen atoms in total. The Labute approximate surface area is 114 Å². The molecule has 3 atom stereocenters. The van der Waals surface area contributed by atoms with Crippen molar-refractivity contribution in [3.8, 4) is 0 Å². The fourth-order valence-electron chi connectivity index (χ4n) is 4.02. The molecule has 2 fully saturated rings. The summed E-state index contributed by atoms with van der Waals surface area (Å²) in [7, 11) is 0. The van der Waals surface area contributed by atoms with Crippen molar-refractivity contribution in [2.24, 2.45) is 17.8 Å². The largest absolute Gasteiger partial charge is 0.299 e. The molecule has 3 rings (SSSR count). The van der Waals surface area contributed by atoms with Crippen LogP contribution in [0.2, 0.25) is 0 Å². The van der Waals surface area contributed by atoms with E-state index in [4.69, 9.17) is 12.2 Å². The summed E-state index contributed by atoms with van der Waals surface area (Å²) in [6.07, 6.45) is 6.88. The highest BCUT2D eigenvalue weighted by Crippen LogP contribution is 2.49. The summed E-state index contributed by atoms with van der Waals surface area (Å²) >= 11 is 5.37. The van der Waals surface area contributed by atoms with Crippen LogP contribution in [0.1, 0.15) is 52.3 Å². The molecule has 3 unspecified atom stereocenters. The molecule has 1 heterocycles. The number of rotatable bonds is 2. The number of H-pyrrole nitrogens is 1. The lowest BCUT2D eigenvalue weighted by Crippen LogP contribution is -2.26. The molecule has 100 valence electrons. The van der Waals surface area contributed by atoms with E-state index >= 15 is 0 Å². The molecule has 2 aliphatic carbocycles. The summed E-state index contributed by atoms with van der Waals surface area (Å²) in [6.45, 7) is 6.59. The topological polar surface area (TPSA) is 33.6 Å². The minimum absolute atomic E-state index is 0.0248. The van der Waals surface area contributed by atoms with Crippen molar-refractivity contribution < 1.29 is 0 Å². The highest BCUT2D eigenvalue weighted by Gasteiger charge is 2.40. The Hall–Kier alpha value is -0.640. The van der Waals surface area contributed by atoms with Gasteiger partial charge in [-0.05, 0) is 70.0 Å². The first-order valence-electron chi connectivity index (χ1n) is 7.12. The first-order chi connectivity index (χ1) is 8.45. The van der Waals surface area contributed by atoms with Crippen LogP contribution in [0.4, 0.5) is 0 Å². The van der Waals surface area contributed by atoms with Gasteiger partial charge in [0.15, 0.2) is 4.77 Å². The van der Waals surface area contributed by atoms with E-state index in [2.05, 4.69) is 35.5 Å². The number of nitrogens with one attached hydrogen (secondary N) is 1. The van der Waals surface area contributed by atoms with E-state index in [0.29, 0.717) is 0 Å². The monoisotopic (exact) mass is 265 g/mol. The fraction of sp³-hybridized carbons (Fsp3) is 0.857. The smallest absolute Gasteiger partial charge is 0.195 e. The molecule has 2 aliphatic rings. The van der Waals surface area contributed by atoms with Crippen LogP contribution >= 0.6 is 12.2 Å². The Morgan fingerprint density at radius 3 is 2.67 bits per heavy atom. The Morgan fingerprint density at radius 2 is 2.11 bits per heavy atom. The van der Waals surface area contributed by atoms with Gasteiger partial charge in [-0.2, -0.15) is 5.10 Å². The van der Waals surface area contributed by atoms with Crippen molar-refractivity contribution in [1.82, 2.24) is 14.8 Å². The zero-order valence-corrected chi connectivity index (χ0v) is 12.4. The molecule has 0 aliphatic heterocycles. The lowest BCUT2D eigenvalue weighted by Gasteiger charge is -2.26. The number of hydrogen-bond donors (Lipinski definition) is 1. The lowest BCUT2D eigenvalue weighted by molar-refractivity contribution is 0.307. The second-order valence-corrected chi connectivity index (χ2v) is 7.48. The van der Waals surface area contributed by atoms with E-state index in [1.54, 1.807) is 0 Å². The molecule has 0 amide bonds. The Kier molecular flexibility index (Phi) is 2.88. The van der Waals surface area contributed by atoms with E-state index < -0.39 is 0 Å². The van der Waals surface area contributed by atoms with E-state index in [-0.39, 0.29) is 5.54 Å². The predicted molar refractivity (Wildman–Crippen MR) is 75.0 cm³/mol. The Bertz CT molecular complexity index is 494. The number of aromatic nitrogens is 3. The first kappa shape index (κ1) is 12.4. The summed E-state index contributed by atoms with van der Waals surface area (Å²) < 4.78 is 2.97. The standard InChI is InChI=1S/C14H23N3S/c1-14(2,3)17-12(15-16-13(17)18)8-11-7-9-4-5-10(11)6-9/h9-11H,4-8H2,1-3H3,(H,16,18). The van der Waals surface area contributed by atoms with Crippen LogP contribution in [0.5, 0.6) is 0 Å². The third kappa shape index (κ3) is 2.04. The maximum absolute atomic E-state index is 5.37. The molecular formula is C14H23N3S. The third-order valence-electron chi connectivity index (χ3n) is 4.74. The second-order valence-electron chi connectivity index (χ2n) is 7.09. The van der Waals surface area contributed by atoms with Crippen molar-refractivity contribution in [1.29, 1.82) is 0 Å². The van der Waals surface area contributed by atoms with Gasteiger partial charge < -0.3 is 0 Å². The van der Waals surface area contributed by atoms with Gasteiger partial charge in [-0.25, -0.2) is 0 Å². The normalized spacial score (nSPS) is 31.2. The SMILES string of the molecule is CC(C)(C)n1c(CC2CC3CCC2C3)n[nH]c1=S. The van der Waals surface area contributed by atoms with Gasteiger partial charge in [-0.15, -0.1) is 0 Å². The zero-order valence-electron chi connectivity index (χ0n) is 11.6. The molecule has 0 aromatic carbocycles.